The Balaban J connectivity index is 0. The summed E-state index contributed by atoms with van der Waals surface area (Å²) in [5.74, 6) is 1.81. The standard InChI is InChI=1S/C18H36O7S2.K/c1-5-18(3,4)17(19)25-10-9-23-15-24-11-12-26-14-16(2)8-6-7-13-27(20,21)22;/h16H,5-15H2,1-4H3,(H,20,21,22);/q;+1/p-1. The maximum Gasteiger partial charge on any atom is 1.00 e. The fourth-order valence-electron chi connectivity index (χ4n) is 1.97. The molecule has 0 heterocycles. The Kier molecular flexibility index (Phi) is 20.1. The molecule has 0 saturated carbocycles. The number of hydrogen-bond acceptors (Lipinski definition) is 8. The molecule has 1 atom stereocenters. The molecule has 10 heteroatoms. The van der Waals surface area contributed by atoms with E-state index < -0.39 is 15.5 Å². The van der Waals surface area contributed by atoms with E-state index in [1.807, 2.05) is 20.8 Å². The molecule has 0 amide bonds. The van der Waals surface area contributed by atoms with Gasteiger partial charge in [-0.2, -0.15) is 11.8 Å². The van der Waals surface area contributed by atoms with Gasteiger partial charge in [0.1, 0.15) is 13.4 Å². The molecule has 0 aromatic carbocycles. The topological polar surface area (TPSA) is 102 Å². The van der Waals surface area contributed by atoms with Crippen LogP contribution in [0.25, 0.3) is 0 Å². The molecular weight excluding hydrogens is 431 g/mol. The maximum atomic E-state index is 11.7. The smallest absolute Gasteiger partial charge is 0.748 e. The molecular formula is C18H35KO7S2. The second-order valence-corrected chi connectivity index (χ2v) is 9.92. The van der Waals surface area contributed by atoms with Gasteiger partial charge in [-0.3, -0.25) is 4.79 Å². The van der Waals surface area contributed by atoms with Crippen LogP contribution in [0.4, 0.5) is 0 Å². The number of ether oxygens (including phenoxy) is 3. The SMILES string of the molecule is CCC(C)(C)C(=O)OCCOCOCCSCC(C)CCCCS(=O)(=O)[O-].[K+]. The molecule has 0 aromatic heterocycles. The van der Waals surface area contributed by atoms with Gasteiger partial charge in [-0.25, -0.2) is 8.42 Å². The van der Waals surface area contributed by atoms with Crippen LogP contribution in [0.2, 0.25) is 0 Å². The van der Waals surface area contributed by atoms with E-state index in [0.717, 1.165) is 30.8 Å². The molecule has 0 saturated heterocycles. The van der Waals surface area contributed by atoms with Crippen LogP contribution in [-0.4, -0.2) is 62.8 Å². The Bertz CT molecular complexity index is 498. The predicted octanol–water partition coefficient (Wildman–Crippen LogP) is 0.0453. The molecule has 0 aromatic rings. The molecule has 0 N–H and O–H groups in total. The molecule has 0 spiro atoms. The van der Waals surface area contributed by atoms with Crippen molar-refractivity contribution >= 4 is 27.8 Å². The van der Waals surface area contributed by atoms with E-state index >= 15 is 0 Å². The van der Waals surface area contributed by atoms with E-state index in [1.54, 1.807) is 11.8 Å². The van der Waals surface area contributed by atoms with E-state index in [0.29, 0.717) is 25.6 Å². The Labute approximate surface area is 217 Å². The van der Waals surface area contributed by atoms with Crippen molar-refractivity contribution in [2.75, 3.05) is 43.9 Å². The average Bonchev–Trinajstić information content (AvgIpc) is 2.59. The molecule has 0 aliphatic carbocycles. The second kappa shape index (κ2) is 17.9. The van der Waals surface area contributed by atoms with Gasteiger partial charge in [0.15, 0.2) is 0 Å². The normalized spacial score (nSPS) is 13.0. The minimum Gasteiger partial charge on any atom is -0.748 e. The van der Waals surface area contributed by atoms with E-state index in [4.69, 9.17) is 14.2 Å². The van der Waals surface area contributed by atoms with Crippen LogP contribution >= 0.6 is 11.8 Å². The van der Waals surface area contributed by atoms with Crippen LogP contribution in [-0.2, 0) is 29.1 Å². The summed E-state index contributed by atoms with van der Waals surface area (Å²) in [6.45, 7) is 9.07. The van der Waals surface area contributed by atoms with Crippen LogP contribution in [0.1, 0.15) is 53.4 Å². The van der Waals surface area contributed by atoms with Gasteiger partial charge in [0.2, 0.25) is 0 Å². The molecule has 0 aliphatic heterocycles. The first-order valence-corrected chi connectivity index (χ1v) is 12.2. The van der Waals surface area contributed by atoms with Crippen LogP contribution in [0, 0.1) is 11.3 Å². The fourth-order valence-corrected chi connectivity index (χ4v) is 3.50. The van der Waals surface area contributed by atoms with Gasteiger partial charge < -0.3 is 18.8 Å². The van der Waals surface area contributed by atoms with Crippen LogP contribution < -0.4 is 51.4 Å². The zero-order valence-electron chi connectivity index (χ0n) is 18.0. The third kappa shape index (κ3) is 19.3. The zero-order chi connectivity index (χ0) is 20.8. The summed E-state index contributed by atoms with van der Waals surface area (Å²) >= 11 is 1.77. The quantitative estimate of drug-likeness (QED) is 0.0974. The molecule has 28 heavy (non-hydrogen) atoms. The summed E-state index contributed by atoms with van der Waals surface area (Å²) in [5.41, 5.74) is -0.460. The molecule has 162 valence electrons. The Hall–Kier alpha value is 1.29. The van der Waals surface area contributed by atoms with Gasteiger partial charge in [-0.15, -0.1) is 0 Å². The zero-order valence-corrected chi connectivity index (χ0v) is 22.8. The van der Waals surface area contributed by atoms with Gasteiger partial charge in [0.25, 0.3) is 0 Å². The summed E-state index contributed by atoms with van der Waals surface area (Å²) in [4.78, 5) is 11.7. The largest absolute Gasteiger partial charge is 1.00 e. The van der Waals surface area contributed by atoms with Crippen molar-refractivity contribution in [1.82, 2.24) is 0 Å². The van der Waals surface area contributed by atoms with Crippen LogP contribution in [0.5, 0.6) is 0 Å². The van der Waals surface area contributed by atoms with Gasteiger partial charge >= 0.3 is 57.4 Å². The van der Waals surface area contributed by atoms with Crippen LogP contribution in [0.15, 0.2) is 0 Å². The number of rotatable bonds is 17. The number of carbonyl (C=O) groups excluding carboxylic acids is 1. The molecule has 0 fully saturated rings. The summed E-state index contributed by atoms with van der Waals surface area (Å²) in [5, 5.41) is 0. The predicted molar refractivity (Wildman–Crippen MR) is 107 cm³/mol. The summed E-state index contributed by atoms with van der Waals surface area (Å²) in [6.07, 6.45) is 2.84. The van der Waals surface area contributed by atoms with Crippen molar-refractivity contribution in [2.24, 2.45) is 11.3 Å². The molecule has 0 radical (unpaired) electrons. The summed E-state index contributed by atoms with van der Waals surface area (Å²) in [6, 6.07) is 0. The number of thioether (sulfide) groups is 1. The Morgan fingerprint density at radius 2 is 1.79 bits per heavy atom. The molecule has 1 unspecified atom stereocenters. The molecule has 0 rings (SSSR count). The average molecular weight is 467 g/mol. The van der Waals surface area contributed by atoms with Gasteiger partial charge in [0, 0.05) is 11.5 Å². The number of carbonyl (C=O) groups is 1. The molecule has 0 bridgehead atoms. The van der Waals surface area contributed by atoms with Crippen molar-refractivity contribution in [3.05, 3.63) is 0 Å². The first kappa shape index (κ1) is 31.5. The van der Waals surface area contributed by atoms with E-state index in [1.165, 1.54) is 0 Å². The van der Waals surface area contributed by atoms with E-state index in [-0.39, 0.29) is 76.5 Å². The van der Waals surface area contributed by atoms with Gasteiger partial charge in [-0.05, 0) is 44.8 Å². The maximum absolute atomic E-state index is 11.7. The summed E-state index contributed by atoms with van der Waals surface area (Å²) < 4.78 is 47.3. The summed E-state index contributed by atoms with van der Waals surface area (Å²) in [7, 11) is -4.08. The van der Waals surface area contributed by atoms with Gasteiger partial charge in [-0.1, -0.05) is 20.3 Å². The minimum atomic E-state index is -4.08. The van der Waals surface area contributed by atoms with E-state index in [9.17, 15) is 17.8 Å². The Morgan fingerprint density at radius 3 is 2.39 bits per heavy atom. The van der Waals surface area contributed by atoms with Crippen molar-refractivity contribution in [2.45, 2.75) is 53.4 Å². The van der Waals surface area contributed by atoms with Crippen molar-refractivity contribution in [1.29, 1.82) is 0 Å². The van der Waals surface area contributed by atoms with Crippen molar-refractivity contribution in [3.63, 3.8) is 0 Å². The third-order valence-corrected chi connectivity index (χ3v) is 6.23. The third-order valence-electron chi connectivity index (χ3n) is 4.18. The van der Waals surface area contributed by atoms with Crippen molar-refractivity contribution in [3.8, 4) is 0 Å². The first-order valence-electron chi connectivity index (χ1n) is 9.42. The monoisotopic (exact) mass is 466 g/mol. The van der Waals surface area contributed by atoms with Gasteiger partial charge in [0.05, 0.1) is 28.7 Å². The molecule has 7 nitrogen and oxygen atoms in total. The first-order chi connectivity index (χ1) is 12.6. The minimum absolute atomic E-state index is 0. The number of esters is 1. The second-order valence-electron chi connectivity index (χ2n) is 7.25. The van der Waals surface area contributed by atoms with Crippen molar-refractivity contribution < 1.29 is 83.4 Å². The number of hydrogen-bond donors (Lipinski definition) is 0. The number of unbranched alkanes of at least 4 members (excludes halogenated alkanes) is 1. The molecule has 0 aliphatic rings. The van der Waals surface area contributed by atoms with E-state index in [2.05, 4.69) is 6.92 Å². The van der Waals surface area contributed by atoms with Crippen LogP contribution in [0.3, 0.4) is 0 Å². The fraction of sp³-hybridized carbons (Fsp3) is 0.944. The Morgan fingerprint density at radius 1 is 1.14 bits per heavy atom.